The average molecular weight is 443 g/mol. The van der Waals surface area contributed by atoms with Crippen molar-refractivity contribution in [3.8, 4) is 0 Å². The lowest BCUT2D eigenvalue weighted by atomic mass is 10.2. The number of hydrogen-bond acceptors (Lipinski definition) is 2. The van der Waals surface area contributed by atoms with Crippen LogP contribution in [0.1, 0.15) is 23.2 Å². The fraction of sp³-hybridized carbons (Fsp3) is 0.176. The van der Waals surface area contributed by atoms with Crippen LogP contribution in [0.4, 0.5) is 5.69 Å². The number of anilines is 1. The van der Waals surface area contributed by atoms with Gasteiger partial charge in [-0.1, -0.05) is 11.6 Å². The lowest BCUT2D eigenvalue weighted by Gasteiger charge is -2.07. The number of carbonyl (C=O) groups excluding carboxylic acids is 2. The molecule has 0 fully saturated rings. The van der Waals surface area contributed by atoms with Gasteiger partial charge in [-0.25, -0.2) is 0 Å². The number of halogens is 2. The highest BCUT2D eigenvalue weighted by atomic mass is 127. The van der Waals surface area contributed by atoms with Crippen LogP contribution in [0.2, 0.25) is 5.02 Å². The summed E-state index contributed by atoms with van der Waals surface area (Å²) in [6, 6.07) is 14.3. The molecule has 0 saturated heterocycles. The van der Waals surface area contributed by atoms with Gasteiger partial charge < -0.3 is 10.6 Å². The van der Waals surface area contributed by atoms with Crippen LogP contribution in [0.5, 0.6) is 0 Å². The van der Waals surface area contributed by atoms with Crippen LogP contribution < -0.4 is 10.6 Å². The minimum Gasteiger partial charge on any atom is -0.352 e. The molecule has 4 nitrogen and oxygen atoms in total. The topological polar surface area (TPSA) is 58.2 Å². The van der Waals surface area contributed by atoms with Crippen molar-refractivity contribution in [2.24, 2.45) is 0 Å². The van der Waals surface area contributed by atoms with E-state index in [0.717, 1.165) is 9.26 Å². The first-order valence-electron chi connectivity index (χ1n) is 7.14. The molecule has 0 unspecified atom stereocenters. The van der Waals surface area contributed by atoms with E-state index in [1.165, 1.54) is 0 Å². The number of carbonyl (C=O) groups is 2. The van der Waals surface area contributed by atoms with Crippen molar-refractivity contribution in [1.29, 1.82) is 0 Å². The van der Waals surface area contributed by atoms with Crippen molar-refractivity contribution < 1.29 is 9.59 Å². The van der Waals surface area contributed by atoms with Gasteiger partial charge in [-0.2, -0.15) is 0 Å². The van der Waals surface area contributed by atoms with Crippen LogP contribution in [-0.4, -0.2) is 18.4 Å². The van der Waals surface area contributed by atoms with Crippen molar-refractivity contribution >= 4 is 51.7 Å². The molecule has 0 radical (unpaired) electrons. The third-order valence-corrected chi connectivity index (χ3v) is 4.07. The Labute approximate surface area is 153 Å². The van der Waals surface area contributed by atoms with Crippen molar-refractivity contribution in [2.75, 3.05) is 11.9 Å². The third-order valence-electron chi connectivity index (χ3n) is 3.10. The Kier molecular flexibility index (Phi) is 6.85. The second-order valence-electron chi connectivity index (χ2n) is 4.92. The van der Waals surface area contributed by atoms with Gasteiger partial charge in [-0.3, -0.25) is 9.59 Å². The van der Waals surface area contributed by atoms with Crippen molar-refractivity contribution in [3.05, 3.63) is 62.7 Å². The molecule has 6 heteroatoms. The van der Waals surface area contributed by atoms with Crippen molar-refractivity contribution in [1.82, 2.24) is 5.32 Å². The molecule has 2 aromatic carbocycles. The molecule has 2 N–H and O–H groups in total. The van der Waals surface area contributed by atoms with Gasteiger partial charge in [0.05, 0.1) is 0 Å². The van der Waals surface area contributed by atoms with E-state index < -0.39 is 0 Å². The highest BCUT2D eigenvalue weighted by molar-refractivity contribution is 14.1. The largest absolute Gasteiger partial charge is 0.352 e. The highest BCUT2D eigenvalue weighted by Gasteiger charge is 2.06. The lowest BCUT2D eigenvalue weighted by molar-refractivity contribution is -0.116. The van der Waals surface area contributed by atoms with Crippen LogP contribution in [0.25, 0.3) is 0 Å². The maximum absolute atomic E-state index is 11.9. The number of benzene rings is 2. The summed E-state index contributed by atoms with van der Waals surface area (Å²) in [6.07, 6.45) is 0.933. The van der Waals surface area contributed by atoms with Gasteiger partial charge in [-0.15, -0.1) is 0 Å². The molecular formula is C17H16ClIN2O2. The molecule has 2 amide bonds. The Morgan fingerprint density at radius 2 is 1.65 bits per heavy atom. The van der Waals surface area contributed by atoms with Gasteiger partial charge in [0.15, 0.2) is 0 Å². The Morgan fingerprint density at radius 1 is 1.00 bits per heavy atom. The third kappa shape index (κ3) is 6.19. The molecule has 0 aromatic heterocycles. The van der Waals surface area contributed by atoms with E-state index in [4.69, 9.17) is 11.6 Å². The van der Waals surface area contributed by atoms with Crippen molar-refractivity contribution in [2.45, 2.75) is 12.8 Å². The molecule has 2 rings (SSSR count). The molecule has 0 bridgehead atoms. The first-order valence-corrected chi connectivity index (χ1v) is 8.59. The molecule has 0 saturated carbocycles. The molecule has 0 aliphatic carbocycles. The number of rotatable bonds is 6. The zero-order valence-corrected chi connectivity index (χ0v) is 15.2. The van der Waals surface area contributed by atoms with Gasteiger partial charge >= 0.3 is 0 Å². The van der Waals surface area contributed by atoms with Gasteiger partial charge in [0.1, 0.15) is 0 Å². The Bertz CT molecular complexity index is 672. The molecule has 2 aromatic rings. The van der Waals surface area contributed by atoms with Crippen LogP contribution in [0.15, 0.2) is 48.5 Å². The molecule has 0 aliphatic heterocycles. The summed E-state index contributed by atoms with van der Waals surface area (Å²) in [6.45, 7) is 0.446. The maximum Gasteiger partial charge on any atom is 0.251 e. The minimum absolute atomic E-state index is 0.0630. The predicted octanol–water partition coefficient (Wildman–Crippen LogP) is 4.09. The molecule has 120 valence electrons. The van der Waals surface area contributed by atoms with Crippen molar-refractivity contribution in [3.63, 3.8) is 0 Å². The van der Waals surface area contributed by atoms with E-state index in [0.29, 0.717) is 30.0 Å². The van der Waals surface area contributed by atoms with E-state index >= 15 is 0 Å². The summed E-state index contributed by atoms with van der Waals surface area (Å²) in [7, 11) is 0. The fourth-order valence-corrected chi connectivity index (χ4v) is 2.40. The Balaban J connectivity index is 1.68. The summed E-state index contributed by atoms with van der Waals surface area (Å²) < 4.78 is 1.12. The molecule has 0 heterocycles. The van der Waals surface area contributed by atoms with E-state index in [9.17, 15) is 9.59 Å². The number of hydrogen-bond donors (Lipinski definition) is 2. The second-order valence-corrected chi connectivity index (χ2v) is 6.60. The first-order chi connectivity index (χ1) is 11.0. The molecule has 0 aliphatic rings. The maximum atomic E-state index is 11.9. The highest BCUT2D eigenvalue weighted by Crippen LogP contribution is 2.12. The zero-order chi connectivity index (χ0) is 16.7. The van der Waals surface area contributed by atoms with Gasteiger partial charge in [0.2, 0.25) is 5.91 Å². The monoisotopic (exact) mass is 442 g/mol. The zero-order valence-electron chi connectivity index (χ0n) is 12.3. The summed E-state index contributed by atoms with van der Waals surface area (Å²) in [5, 5.41) is 6.20. The summed E-state index contributed by atoms with van der Waals surface area (Å²) in [4.78, 5) is 23.7. The normalized spacial score (nSPS) is 10.2. The SMILES string of the molecule is O=C(CCCNC(=O)c1ccc(Cl)cc1)Nc1ccc(I)cc1. The van der Waals surface area contributed by atoms with Gasteiger partial charge in [-0.05, 0) is 77.5 Å². The standard InChI is InChI=1S/C17H16ClIN2O2/c18-13-5-3-12(4-6-13)17(23)20-11-1-2-16(22)21-15-9-7-14(19)8-10-15/h3-10H,1-2,11H2,(H,20,23)(H,21,22). The predicted molar refractivity (Wildman–Crippen MR) is 101 cm³/mol. The average Bonchev–Trinajstić information content (AvgIpc) is 2.54. The molecular weight excluding hydrogens is 427 g/mol. The van der Waals surface area contributed by atoms with E-state index in [2.05, 4.69) is 33.2 Å². The summed E-state index contributed by atoms with van der Waals surface area (Å²) in [5.74, 6) is -0.230. The minimum atomic E-state index is -0.167. The van der Waals surface area contributed by atoms with E-state index in [-0.39, 0.29) is 11.8 Å². The van der Waals surface area contributed by atoms with Gasteiger partial charge in [0, 0.05) is 32.8 Å². The number of nitrogens with one attached hydrogen (secondary N) is 2. The van der Waals surface area contributed by atoms with E-state index in [1.807, 2.05) is 24.3 Å². The molecule has 23 heavy (non-hydrogen) atoms. The fourth-order valence-electron chi connectivity index (χ4n) is 1.91. The Hall–Kier alpha value is -1.60. The summed E-state index contributed by atoms with van der Waals surface area (Å²) in [5.41, 5.74) is 1.33. The van der Waals surface area contributed by atoms with E-state index in [1.54, 1.807) is 24.3 Å². The first kappa shape index (κ1) is 17.7. The van der Waals surface area contributed by atoms with Crippen LogP contribution in [0, 0.1) is 3.57 Å². The summed E-state index contributed by atoms with van der Waals surface area (Å²) >= 11 is 7.99. The van der Waals surface area contributed by atoms with Gasteiger partial charge in [0.25, 0.3) is 5.91 Å². The molecule has 0 atom stereocenters. The smallest absolute Gasteiger partial charge is 0.251 e. The second kappa shape index (κ2) is 8.88. The quantitative estimate of drug-likeness (QED) is 0.523. The Morgan fingerprint density at radius 3 is 2.30 bits per heavy atom. The van der Waals surface area contributed by atoms with Crippen LogP contribution in [0.3, 0.4) is 0 Å². The van der Waals surface area contributed by atoms with Crippen LogP contribution >= 0.6 is 34.2 Å². The lowest BCUT2D eigenvalue weighted by Crippen LogP contribution is -2.25. The molecule has 0 spiro atoms. The number of amides is 2. The van der Waals surface area contributed by atoms with Crippen LogP contribution in [-0.2, 0) is 4.79 Å².